The maximum Gasteiger partial charge on any atom is 0.255 e. The molecule has 0 atom stereocenters. The summed E-state index contributed by atoms with van der Waals surface area (Å²) in [6, 6.07) is 16.9. The number of rotatable bonds is 11. The maximum absolute atomic E-state index is 12.7. The molecule has 0 aliphatic heterocycles. The van der Waals surface area contributed by atoms with Crippen LogP contribution in [0.5, 0.6) is 17.2 Å². The first kappa shape index (κ1) is 24.9. The zero-order valence-electron chi connectivity index (χ0n) is 19.5. The van der Waals surface area contributed by atoms with Crippen molar-refractivity contribution in [3.63, 3.8) is 0 Å². The molecule has 1 heterocycles. The molecule has 0 fully saturated rings. The highest BCUT2D eigenvalue weighted by atomic mass is 35.5. The van der Waals surface area contributed by atoms with Crippen LogP contribution in [0.1, 0.15) is 5.56 Å². The molecular weight excluding hydrogens is 458 g/mol. The lowest BCUT2D eigenvalue weighted by atomic mass is 10.2. The Morgan fingerprint density at radius 1 is 0.939 bits per heavy atom. The largest absolute Gasteiger partial charge is 0.493 e. The Bertz CT molecular complexity index is 1110. The minimum absolute atomic E-state index is 0.155. The third-order valence-corrected chi connectivity index (χ3v) is 6.88. The number of ether oxygens (including phenoxy) is 4. The summed E-state index contributed by atoms with van der Waals surface area (Å²) in [6.45, 7) is 8.04. The van der Waals surface area contributed by atoms with E-state index in [4.69, 9.17) is 30.5 Å². The van der Waals surface area contributed by atoms with Crippen molar-refractivity contribution in [1.82, 2.24) is 4.57 Å². The second kappa shape index (κ2) is 11.4. The van der Waals surface area contributed by atoms with Crippen LogP contribution in [0.25, 0.3) is 5.69 Å². The molecule has 176 valence electrons. The molecule has 3 aromatic rings. The molecule has 0 N–H and O–H groups in total. The van der Waals surface area contributed by atoms with Gasteiger partial charge in [-0.1, -0.05) is 31.2 Å². The molecule has 0 amide bonds. The number of halogens is 1. The first-order valence-electron chi connectivity index (χ1n) is 10.7. The molecule has 0 bridgehead atoms. The average Bonchev–Trinajstić information content (AvgIpc) is 2.78. The number of pyridine rings is 1. The van der Waals surface area contributed by atoms with Crippen molar-refractivity contribution < 1.29 is 18.9 Å². The van der Waals surface area contributed by atoms with Gasteiger partial charge in [0.25, 0.3) is 5.56 Å². The summed E-state index contributed by atoms with van der Waals surface area (Å²) in [6.07, 6.45) is 1.72. The lowest BCUT2D eigenvalue weighted by Gasteiger charge is -2.16. The van der Waals surface area contributed by atoms with E-state index in [9.17, 15) is 4.79 Å². The van der Waals surface area contributed by atoms with Gasteiger partial charge in [-0.15, -0.1) is 0 Å². The SMILES string of the molecule is COc1cc(-n2ccc(COc3ccc(Cl)cc3)cc2=O)ccc1OCOCC[Si](C)(C)C. The monoisotopic (exact) mass is 487 g/mol. The maximum atomic E-state index is 12.7. The molecule has 6 nitrogen and oxygen atoms in total. The number of hydrogen-bond acceptors (Lipinski definition) is 5. The Balaban J connectivity index is 1.63. The fourth-order valence-corrected chi connectivity index (χ4v) is 3.87. The van der Waals surface area contributed by atoms with Crippen LogP contribution in [0.4, 0.5) is 0 Å². The van der Waals surface area contributed by atoms with Crippen LogP contribution in [0, 0.1) is 0 Å². The van der Waals surface area contributed by atoms with E-state index in [-0.39, 0.29) is 19.0 Å². The molecule has 3 rings (SSSR count). The molecule has 0 saturated carbocycles. The van der Waals surface area contributed by atoms with Crippen molar-refractivity contribution in [3.8, 4) is 22.9 Å². The number of methoxy groups -OCH3 is 1. The average molecular weight is 488 g/mol. The van der Waals surface area contributed by atoms with Crippen LogP contribution in [0.3, 0.4) is 0 Å². The first-order chi connectivity index (χ1) is 15.7. The van der Waals surface area contributed by atoms with E-state index < -0.39 is 8.07 Å². The van der Waals surface area contributed by atoms with E-state index >= 15 is 0 Å². The summed E-state index contributed by atoms with van der Waals surface area (Å²) in [7, 11) is 0.434. The molecule has 0 aliphatic carbocycles. The van der Waals surface area contributed by atoms with Gasteiger partial charge in [-0.3, -0.25) is 9.36 Å². The zero-order valence-corrected chi connectivity index (χ0v) is 21.2. The Morgan fingerprint density at radius 2 is 1.70 bits per heavy atom. The van der Waals surface area contributed by atoms with E-state index in [0.717, 1.165) is 11.6 Å². The van der Waals surface area contributed by atoms with Crippen LogP contribution >= 0.6 is 11.6 Å². The summed E-state index contributed by atoms with van der Waals surface area (Å²) in [5.41, 5.74) is 1.28. The quantitative estimate of drug-likeness (QED) is 0.195. The van der Waals surface area contributed by atoms with Gasteiger partial charge in [0.2, 0.25) is 0 Å². The van der Waals surface area contributed by atoms with E-state index in [1.54, 1.807) is 60.3 Å². The van der Waals surface area contributed by atoms with Crippen molar-refractivity contribution >= 4 is 19.7 Å². The van der Waals surface area contributed by atoms with Crippen molar-refractivity contribution in [2.24, 2.45) is 0 Å². The Morgan fingerprint density at radius 3 is 2.36 bits per heavy atom. The smallest absolute Gasteiger partial charge is 0.255 e. The standard InChI is InChI=1S/C25H30ClNO5Si/c1-29-24-16-21(7-10-23(24)32-18-30-13-14-33(2,3)4)27-12-11-19(15-25(27)28)17-31-22-8-5-20(26)6-9-22/h5-12,15-16H,13-14,17-18H2,1-4H3. The summed E-state index contributed by atoms with van der Waals surface area (Å²) < 4.78 is 24.0. The molecule has 0 aliphatic rings. The highest BCUT2D eigenvalue weighted by molar-refractivity contribution is 6.76. The minimum atomic E-state index is -1.13. The third kappa shape index (κ3) is 7.66. The molecule has 33 heavy (non-hydrogen) atoms. The Labute approximate surface area is 200 Å². The van der Waals surface area contributed by atoms with Crippen LogP contribution in [-0.2, 0) is 11.3 Å². The molecule has 2 aromatic carbocycles. The van der Waals surface area contributed by atoms with Gasteiger partial charge in [0.05, 0.1) is 12.8 Å². The predicted octanol–water partition coefficient (Wildman–Crippen LogP) is 5.77. The summed E-state index contributed by atoms with van der Waals surface area (Å²) >= 11 is 5.89. The molecule has 0 spiro atoms. The number of aromatic nitrogens is 1. The lowest BCUT2D eigenvalue weighted by molar-refractivity contribution is 0.0205. The van der Waals surface area contributed by atoms with Crippen molar-refractivity contribution in [2.75, 3.05) is 20.5 Å². The Kier molecular flexibility index (Phi) is 8.60. The second-order valence-electron chi connectivity index (χ2n) is 8.80. The van der Waals surface area contributed by atoms with Crippen LogP contribution < -0.4 is 19.8 Å². The van der Waals surface area contributed by atoms with E-state index in [0.29, 0.717) is 34.6 Å². The normalized spacial score (nSPS) is 11.3. The number of benzene rings is 2. The highest BCUT2D eigenvalue weighted by Gasteiger charge is 2.13. The van der Waals surface area contributed by atoms with Crippen LogP contribution in [0.15, 0.2) is 65.6 Å². The van der Waals surface area contributed by atoms with Gasteiger partial charge in [-0.05, 0) is 54.1 Å². The Hall–Kier alpha value is -2.74. The lowest BCUT2D eigenvalue weighted by Crippen LogP contribution is -2.22. The number of hydrogen-bond donors (Lipinski definition) is 0. The summed E-state index contributed by atoms with van der Waals surface area (Å²) in [4.78, 5) is 12.7. The fraction of sp³-hybridized carbons (Fsp3) is 0.320. The van der Waals surface area contributed by atoms with E-state index in [1.807, 2.05) is 12.1 Å². The van der Waals surface area contributed by atoms with Gasteiger partial charge in [-0.25, -0.2) is 0 Å². The topological polar surface area (TPSA) is 58.9 Å². The predicted molar refractivity (Wildman–Crippen MR) is 134 cm³/mol. The van der Waals surface area contributed by atoms with E-state index in [1.165, 1.54) is 0 Å². The van der Waals surface area contributed by atoms with Gasteiger partial charge in [0, 0.05) is 38.0 Å². The molecular formula is C25H30ClNO5Si. The zero-order chi connectivity index (χ0) is 23.8. The van der Waals surface area contributed by atoms with Gasteiger partial charge in [-0.2, -0.15) is 0 Å². The van der Waals surface area contributed by atoms with Crippen molar-refractivity contribution in [1.29, 1.82) is 0 Å². The van der Waals surface area contributed by atoms with Crippen LogP contribution in [0.2, 0.25) is 30.7 Å². The third-order valence-electron chi connectivity index (χ3n) is 4.92. The number of nitrogens with zero attached hydrogens (tertiary/aromatic N) is 1. The van der Waals surface area contributed by atoms with Gasteiger partial charge in [0.15, 0.2) is 18.3 Å². The molecule has 0 radical (unpaired) electrons. The van der Waals surface area contributed by atoms with Gasteiger partial charge in [0.1, 0.15) is 12.4 Å². The fourth-order valence-electron chi connectivity index (χ4n) is 2.99. The summed E-state index contributed by atoms with van der Waals surface area (Å²) in [5, 5.41) is 0.645. The highest BCUT2D eigenvalue weighted by Crippen LogP contribution is 2.29. The molecule has 1 aromatic heterocycles. The first-order valence-corrected chi connectivity index (χ1v) is 14.8. The van der Waals surface area contributed by atoms with Gasteiger partial charge < -0.3 is 18.9 Å². The van der Waals surface area contributed by atoms with Gasteiger partial charge >= 0.3 is 0 Å². The molecule has 0 saturated heterocycles. The molecule has 8 heteroatoms. The van der Waals surface area contributed by atoms with Crippen molar-refractivity contribution in [2.45, 2.75) is 32.3 Å². The summed E-state index contributed by atoms with van der Waals surface area (Å²) in [5.74, 6) is 1.78. The second-order valence-corrected chi connectivity index (χ2v) is 14.9. The van der Waals surface area contributed by atoms with Crippen molar-refractivity contribution in [3.05, 3.63) is 81.7 Å². The van der Waals surface area contributed by atoms with E-state index in [2.05, 4.69) is 19.6 Å². The van der Waals surface area contributed by atoms with Crippen LogP contribution in [-0.4, -0.2) is 33.2 Å². The minimum Gasteiger partial charge on any atom is -0.493 e. The molecule has 0 unspecified atom stereocenters.